The van der Waals surface area contributed by atoms with E-state index in [1.807, 2.05) is 0 Å². The van der Waals surface area contributed by atoms with Crippen molar-refractivity contribution in [1.29, 1.82) is 0 Å². The van der Waals surface area contributed by atoms with E-state index < -0.39 is 32.6 Å². The molecule has 0 bridgehead atoms. The van der Waals surface area contributed by atoms with Crippen LogP contribution in [0.5, 0.6) is 11.5 Å². The topological polar surface area (TPSA) is 185 Å². The highest BCUT2D eigenvalue weighted by molar-refractivity contribution is 7.81. The molecule has 2 aromatic carbocycles. The molecule has 4 N–H and O–H groups in total. The van der Waals surface area contributed by atoms with Crippen molar-refractivity contribution < 1.29 is 43.9 Å². The molecule has 0 spiro atoms. The van der Waals surface area contributed by atoms with Gasteiger partial charge < -0.3 is 19.0 Å². The van der Waals surface area contributed by atoms with Gasteiger partial charge in [-0.1, -0.05) is 6.07 Å². The van der Waals surface area contributed by atoms with Gasteiger partial charge in [-0.2, -0.15) is 16.8 Å². The summed E-state index contributed by atoms with van der Waals surface area (Å²) in [6.45, 7) is 0.415. The molecule has 12 nitrogen and oxygen atoms in total. The van der Waals surface area contributed by atoms with Crippen LogP contribution in [-0.2, 0) is 20.8 Å². The minimum absolute atomic E-state index is 0.109. The Bertz CT molecular complexity index is 1150. The first-order valence-electron chi connectivity index (χ1n) is 8.53. The second kappa shape index (κ2) is 10.2. The molecule has 31 heavy (non-hydrogen) atoms. The highest BCUT2D eigenvalue weighted by Crippen LogP contribution is 2.15. The zero-order valence-electron chi connectivity index (χ0n) is 15.7. The number of rotatable bonds is 10. The van der Waals surface area contributed by atoms with Gasteiger partial charge in [-0.15, -0.1) is 0 Å². The van der Waals surface area contributed by atoms with Crippen molar-refractivity contribution in [2.24, 2.45) is 0 Å². The first-order valence-corrected chi connectivity index (χ1v) is 11.3. The van der Waals surface area contributed by atoms with E-state index in [1.54, 1.807) is 0 Å². The number of carbonyl (C=O) groups excluding carboxylic acids is 2. The van der Waals surface area contributed by atoms with Crippen LogP contribution < -0.4 is 19.0 Å². The molecular formula is C17H18N2O10S2. The molecular weight excluding hydrogens is 456 g/mol. The summed E-state index contributed by atoms with van der Waals surface area (Å²) in [6.07, 6.45) is 0.378. The normalized spacial score (nSPS) is 11.4. The molecule has 0 fully saturated rings. The molecule has 0 saturated carbocycles. The zero-order valence-corrected chi connectivity index (χ0v) is 17.4. The monoisotopic (exact) mass is 474 g/mol. The molecule has 0 aliphatic carbocycles. The fourth-order valence-electron chi connectivity index (χ4n) is 2.29. The second-order valence-corrected chi connectivity index (χ2v) is 7.98. The van der Waals surface area contributed by atoms with Crippen molar-refractivity contribution in [3.05, 3.63) is 59.7 Å². The molecule has 168 valence electrons. The van der Waals surface area contributed by atoms with Crippen molar-refractivity contribution >= 4 is 32.6 Å². The molecule has 14 heteroatoms. The zero-order chi connectivity index (χ0) is 23.1. The number of hydrogen-bond acceptors (Lipinski definition) is 8. The summed E-state index contributed by atoms with van der Waals surface area (Å²) in [5, 5.41) is 5.18. The van der Waals surface area contributed by atoms with Crippen molar-refractivity contribution in [3.8, 4) is 11.5 Å². The Hall–Kier alpha value is -3.20. The largest absolute Gasteiger partial charge is 0.446 e. The Kier molecular flexibility index (Phi) is 7.93. The standard InChI is InChI=1S/C17H18N2O10S2/c20-16(12-5-7-14(8-6-12)28-30(22,23)24)18-9-2-10-19-17(21)13-3-1-4-15(11-13)29-31(25,26)27/h1,3-8,11H,2,9-10H2,(H,18,20)(H,19,21)(H,22,23,24)(H,25,26,27). The maximum Gasteiger partial charge on any atom is 0.446 e. The van der Waals surface area contributed by atoms with Crippen LogP contribution >= 0.6 is 0 Å². The smallest absolute Gasteiger partial charge is 0.362 e. The minimum Gasteiger partial charge on any atom is -0.362 e. The average molecular weight is 474 g/mol. The van der Waals surface area contributed by atoms with Crippen LogP contribution in [0.1, 0.15) is 27.1 Å². The highest BCUT2D eigenvalue weighted by atomic mass is 32.3. The SMILES string of the molecule is O=C(NCCCNC(=O)c1cccc(OS(=O)(=O)O)c1)c1ccc(OS(=O)(=O)O)cc1. The summed E-state index contributed by atoms with van der Waals surface area (Å²) in [5.41, 5.74) is 0.333. The first-order chi connectivity index (χ1) is 14.4. The van der Waals surface area contributed by atoms with Crippen LogP contribution in [0.3, 0.4) is 0 Å². The highest BCUT2D eigenvalue weighted by Gasteiger charge is 2.11. The quantitative estimate of drug-likeness (QED) is 0.281. The third-order valence-corrected chi connectivity index (χ3v) is 4.35. The predicted molar refractivity (Wildman–Crippen MR) is 107 cm³/mol. The van der Waals surface area contributed by atoms with Gasteiger partial charge >= 0.3 is 20.8 Å². The molecule has 2 aromatic rings. The second-order valence-electron chi connectivity index (χ2n) is 5.94. The van der Waals surface area contributed by atoms with Crippen LogP contribution in [0, 0.1) is 0 Å². The number of nitrogens with one attached hydrogen (secondary N) is 2. The van der Waals surface area contributed by atoms with Crippen molar-refractivity contribution in [1.82, 2.24) is 10.6 Å². The van der Waals surface area contributed by atoms with E-state index in [2.05, 4.69) is 19.0 Å². The van der Waals surface area contributed by atoms with Gasteiger partial charge in [0.25, 0.3) is 11.8 Å². The molecule has 0 saturated heterocycles. The Labute approximate surface area is 178 Å². The first kappa shape index (κ1) is 24.1. The lowest BCUT2D eigenvalue weighted by molar-refractivity contribution is 0.0951. The fraction of sp³-hybridized carbons (Fsp3) is 0.176. The number of hydrogen-bond donors (Lipinski definition) is 4. The Balaban J connectivity index is 1.76. The average Bonchev–Trinajstić information content (AvgIpc) is 2.65. The van der Waals surface area contributed by atoms with Gasteiger partial charge in [0.05, 0.1) is 0 Å². The number of carbonyl (C=O) groups is 2. The third kappa shape index (κ3) is 9.00. The van der Waals surface area contributed by atoms with E-state index in [0.29, 0.717) is 6.42 Å². The third-order valence-electron chi connectivity index (χ3n) is 3.54. The van der Waals surface area contributed by atoms with E-state index in [0.717, 1.165) is 6.07 Å². The van der Waals surface area contributed by atoms with Crippen LogP contribution in [0.25, 0.3) is 0 Å². The summed E-state index contributed by atoms with van der Waals surface area (Å²) in [6, 6.07) is 10.2. The van der Waals surface area contributed by atoms with Crippen LogP contribution in [0.2, 0.25) is 0 Å². The lowest BCUT2D eigenvalue weighted by Gasteiger charge is -2.08. The van der Waals surface area contributed by atoms with Crippen LogP contribution in [0.4, 0.5) is 0 Å². The van der Waals surface area contributed by atoms with E-state index in [9.17, 15) is 26.4 Å². The van der Waals surface area contributed by atoms with Gasteiger partial charge in [0.15, 0.2) is 0 Å². The molecule has 0 aromatic heterocycles. The summed E-state index contributed by atoms with van der Waals surface area (Å²) in [5.74, 6) is -1.34. The summed E-state index contributed by atoms with van der Waals surface area (Å²) in [4.78, 5) is 24.1. The lowest BCUT2D eigenvalue weighted by atomic mass is 10.2. The van der Waals surface area contributed by atoms with E-state index in [4.69, 9.17) is 9.11 Å². The van der Waals surface area contributed by atoms with E-state index in [-0.39, 0.29) is 35.7 Å². The van der Waals surface area contributed by atoms with Crippen LogP contribution in [0.15, 0.2) is 48.5 Å². The Morgan fingerprint density at radius 2 is 1.26 bits per heavy atom. The van der Waals surface area contributed by atoms with Gasteiger partial charge in [0.1, 0.15) is 11.5 Å². The summed E-state index contributed by atoms with van der Waals surface area (Å²) in [7, 11) is -9.35. The van der Waals surface area contributed by atoms with Gasteiger partial charge in [0, 0.05) is 24.2 Å². The maximum absolute atomic E-state index is 12.1. The van der Waals surface area contributed by atoms with Gasteiger partial charge in [0.2, 0.25) is 0 Å². The van der Waals surface area contributed by atoms with Crippen LogP contribution in [-0.4, -0.2) is 50.8 Å². The number of benzene rings is 2. The van der Waals surface area contributed by atoms with Gasteiger partial charge in [-0.05, 0) is 48.9 Å². The van der Waals surface area contributed by atoms with E-state index >= 15 is 0 Å². The molecule has 0 heterocycles. The van der Waals surface area contributed by atoms with E-state index in [1.165, 1.54) is 42.5 Å². The molecule has 0 radical (unpaired) electrons. The molecule has 0 unspecified atom stereocenters. The van der Waals surface area contributed by atoms with Crippen molar-refractivity contribution in [2.75, 3.05) is 13.1 Å². The molecule has 0 atom stereocenters. The number of amides is 2. The predicted octanol–water partition coefficient (Wildman–Crippen LogP) is 0.600. The lowest BCUT2D eigenvalue weighted by Crippen LogP contribution is -2.29. The molecule has 0 aliphatic rings. The van der Waals surface area contributed by atoms with Crippen molar-refractivity contribution in [3.63, 3.8) is 0 Å². The molecule has 2 amide bonds. The summed E-state index contributed by atoms with van der Waals surface area (Å²) < 4.78 is 68.4. The Morgan fingerprint density at radius 3 is 1.81 bits per heavy atom. The van der Waals surface area contributed by atoms with Crippen molar-refractivity contribution in [2.45, 2.75) is 6.42 Å². The fourth-order valence-corrected chi connectivity index (χ4v) is 2.99. The summed E-state index contributed by atoms with van der Waals surface area (Å²) >= 11 is 0. The Morgan fingerprint density at radius 1 is 0.742 bits per heavy atom. The molecule has 2 rings (SSSR count). The maximum atomic E-state index is 12.1. The van der Waals surface area contributed by atoms with Gasteiger partial charge in [-0.25, -0.2) is 0 Å². The van der Waals surface area contributed by atoms with Gasteiger partial charge in [-0.3, -0.25) is 18.7 Å². The molecule has 0 aliphatic heterocycles. The minimum atomic E-state index is -4.70.